The molecule has 0 atom stereocenters. The second-order valence-corrected chi connectivity index (χ2v) is 13.0. The van der Waals surface area contributed by atoms with E-state index in [1.165, 1.54) is 12.6 Å². The molecule has 0 bridgehead atoms. The maximum Gasteiger partial charge on any atom is 0.324 e. The van der Waals surface area contributed by atoms with Crippen LogP contribution >= 0.6 is 11.3 Å². The first kappa shape index (κ1) is 27.9. The molecule has 2 aliphatic carbocycles. The number of nitrogens with zero attached hydrogens (tertiary/aromatic N) is 3. The quantitative estimate of drug-likeness (QED) is 0.474. The molecule has 0 aromatic carbocycles. The number of hydrogen-bond acceptors (Lipinski definition) is 7. The molecule has 198 valence electrons. The van der Waals surface area contributed by atoms with Crippen LogP contribution < -0.4 is 10.6 Å². The Bertz CT molecular complexity index is 933. The van der Waals surface area contributed by atoms with Gasteiger partial charge in [-0.05, 0) is 58.3 Å². The van der Waals surface area contributed by atoms with Crippen LogP contribution in [0.4, 0.5) is 9.93 Å². The van der Waals surface area contributed by atoms with E-state index in [9.17, 15) is 18.0 Å². The summed E-state index contributed by atoms with van der Waals surface area (Å²) in [5.41, 5.74) is 0. The Hall–Kier alpha value is -1.72. The summed E-state index contributed by atoms with van der Waals surface area (Å²) in [6.45, 7) is 7.16. The van der Waals surface area contributed by atoms with E-state index in [1.807, 2.05) is 18.7 Å². The Kier molecular flexibility index (Phi) is 10.4. The Morgan fingerprint density at radius 3 is 2.29 bits per heavy atom. The summed E-state index contributed by atoms with van der Waals surface area (Å²) in [6, 6.07) is 0.292. The molecule has 1 aromatic heterocycles. The predicted molar refractivity (Wildman–Crippen MR) is 139 cm³/mol. The summed E-state index contributed by atoms with van der Waals surface area (Å²) in [5.74, 6) is 0.205. The van der Waals surface area contributed by atoms with Crippen LogP contribution in [0.1, 0.15) is 78.6 Å². The fourth-order valence-corrected chi connectivity index (χ4v) is 7.37. The first-order chi connectivity index (χ1) is 16.7. The third-order valence-corrected chi connectivity index (χ3v) is 10.3. The molecule has 0 unspecified atom stereocenters. The van der Waals surface area contributed by atoms with Crippen molar-refractivity contribution in [2.45, 2.75) is 94.9 Å². The van der Waals surface area contributed by atoms with Crippen molar-refractivity contribution < 1.29 is 18.0 Å². The minimum atomic E-state index is -3.67. The summed E-state index contributed by atoms with van der Waals surface area (Å²) in [6.07, 6.45) is 11.1. The number of urea groups is 1. The number of carbonyl (C=O) groups excluding carboxylic acids is 2. The van der Waals surface area contributed by atoms with Gasteiger partial charge in [0.25, 0.3) is 0 Å². The molecule has 0 radical (unpaired) electrons. The Labute approximate surface area is 214 Å². The Morgan fingerprint density at radius 2 is 1.66 bits per heavy atom. The van der Waals surface area contributed by atoms with Crippen molar-refractivity contribution in [2.75, 3.05) is 30.8 Å². The highest BCUT2D eigenvalue weighted by atomic mass is 32.2. The molecule has 3 rings (SSSR count). The molecular weight excluding hydrogens is 486 g/mol. The smallest absolute Gasteiger partial charge is 0.324 e. The van der Waals surface area contributed by atoms with Gasteiger partial charge in [0.2, 0.25) is 15.7 Å². The third kappa shape index (κ3) is 7.63. The standard InChI is InChI=1S/C24H41N5O4S2/c1-4-28(5-2)21(30)15-25-17-35(32,33)22-16-26-23(34-22)27-24(31)29(19-9-7-6-8-10-19)20-13-11-18(3)12-14-20/h16,18-20,25H,4-15,17H2,1-3H3,(H,26,27,31). The minimum absolute atomic E-state index is 0.0420. The Morgan fingerprint density at radius 1 is 1.03 bits per heavy atom. The van der Waals surface area contributed by atoms with Crippen LogP contribution in [0.15, 0.2) is 10.4 Å². The molecule has 9 nitrogen and oxygen atoms in total. The zero-order valence-corrected chi connectivity index (χ0v) is 22.9. The first-order valence-electron chi connectivity index (χ1n) is 13.0. The molecule has 2 saturated carbocycles. The van der Waals surface area contributed by atoms with Gasteiger partial charge in [0, 0.05) is 25.2 Å². The van der Waals surface area contributed by atoms with Crippen LogP contribution in [0, 0.1) is 5.92 Å². The lowest BCUT2D eigenvalue weighted by molar-refractivity contribution is -0.129. The monoisotopic (exact) mass is 527 g/mol. The number of nitrogens with one attached hydrogen (secondary N) is 2. The highest BCUT2D eigenvalue weighted by Gasteiger charge is 2.34. The van der Waals surface area contributed by atoms with Gasteiger partial charge in [-0.25, -0.2) is 18.2 Å². The van der Waals surface area contributed by atoms with Crippen LogP contribution in [-0.2, 0) is 14.6 Å². The third-order valence-electron chi connectivity index (χ3n) is 7.27. The van der Waals surface area contributed by atoms with E-state index in [0.717, 1.165) is 62.7 Å². The molecule has 0 spiro atoms. The van der Waals surface area contributed by atoms with Crippen molar-refractivity contribution in [1.29, 1.82) is 0 Å². The van der Waals surface area contributed by atoms with E-state index in [4.69, 9.17) is 0 Å². The minimum Gasteiger partial charge on any atom is -0.342 e. The molecule has 2 fully saturated rings. The molecule has 11 heteroatoms. The lowest BCUT2D eigenvalue weighted by Crippen LogP contribution is -2.51. The number of aromatic nitrogens is 1. The molecular formula is C24H41N5O4S2. The van der Waals surface area contributed by atoms with Crippen molar-refractivity contribution >= 4 is 38.2 Å². The maximum atomic E-state index is 13.4. The van der Waals surface area contributed by atoms with Crippen molar-refractivity contribution in [1.82, 2.24) is 20.1 Å². The number of hydrogen-bond donors (Lipinski definition) is 2. The summed E-state index contributed by atoms with van der Waals surface area (Å²) < 4.78 is 25.6. The van der Waals surface area contributed by atoms with Gasteiger partial charge in [0.1, 0.15) is 10.1 Å². The fourth-order valence-electron chi connectivity index (χ4n) is 5.18. The van der Waals surface area contributed by atoms with Gasteiger partial charge in [-0.1, -0.05) is 37.5 Å². The van der Waals surface area contributed by atoms with Crippen molar-refractivity contribution in [3.8, 4) is 0 Å². The van der Waals surface area contributed by atoms with Gasteiger partial charge in [0.05, 0.1) is 12.7 Å². The number of sulfone groups is 1. The molecule has 1 heterocycles. The van der Waals surface area contributed by atoms with Crippen LogP contribution in [-0.4, -0.2) is 72.7 Å². The van der Waals surface area contributed by atoms with Gasteiger partial charge in [0.15, 0.2) is 5.13 Å². The average molecular weight is 528 g/mol. The van der Waals surface area contributed by atoms with E-state index in [0.29, 0.717) is 19.0 Å². The van der Waals surface area contributed by atoms with Crippen LogP contribution in [0.2, 0.25) is 0 Å². The first-order valence-corrected chi connectivity index (χ1v) is 15.5. The van der Waals surface area contributed by atoms with Gasteiger partial charge in [-0.15, -0.1) is 0 Å². The van der Waals surface area contributed by atoms with Crippen molar-refractivity contribution in [2.24, 2.45) is 5.92 Å². The molecule has 0 aliphatic heterocycles. The average Bonchev–Trinajstić information content (AvgIpc) is 3.31. The lowest BCUT2D eigenvalue weighted by atomic mass is 9.84. The van der Waals surface area contributed by atoms with Crippen molar-refractivity contribution in [3.05, 3.63) is 6.20 Å². The molecule has 0 saturated heterocycles. The summed E-state index contributed by atoms with van der Waals surface area (Å²) in [7, 11) is -3.67. The van der Waals surface area contributed by atoms with E-state index in [-0.39, 0.29) is 45.8 Å². The zero-order valence-electron chi connectivity index (χ0n) is 21.3. The maximum absolute atomic E-state index is 13.4. The largest absolute Gasteiger partial charge is 0.342 e. The zero-order chi connectivity index (χ0) is 25.4. The van der Waals surface area contributed by atoms with E-state index in [2.05, 4.69) is 22.5 Å². The van der Waals surface area contributed by atoms with Crippen LogP contribution in [0.3, 0.4) is 0 Å². The lowest BCUT2D eigenvalue weighted by Gasteiger charge is -2.42. The molecule has 2 N–H and O–H groups in total. The number of amides is 3. The highest BCUT2D eigenvalue weighted by Crippen LogP contribution is 2.33. The summed E-state index contributed by atoms with van der Waals surface area (Å²) in [5, 5.41) is 5.92. The predicted octanol–water partition coefficient (Wildman–Crippen LogP) is 4.08. The number of carbonyl (C=O) groups is 2. The summed E-state index contributed by atoms with van der Waals surface area (Å²) in [4.78, 5) is 33.4. The second-order valence-electron chi connectivity index (χ2n) is 9.78. The number of thiazole rings is 1. The van der Waals surface area contributed by atoms with E-state index >= 15 is 0 Å². The SMILES string of the molecule is CCN(CC)C(=O)CNCS(=O)(=O)c1cnc(NC(=O)N(C2CCCCC2)C2CCC(C)CC2)s1. The van der Waals surface area contributed by atoms with E-state index < -0.39 is 9.84 Å². The number of anilines is 1. The number of rotatable bonds is 10. The van der Waals surface area contributed by atoms with Crippen LogP contribution in [0.5, 0.6) is 0 Å². The van der Waals surface area contributed by atoms with Gasteiger partial charge >= 0.3 is 6.03 Å². The van der Waals surface area contributed by atoms with Gasteiger partial charge < -0.3 is 9.80 Å². The molecule has 1 aromatic rings. The molecule has 2 aliphatic rings. The normalized spacial score (nSPS) is 21.5. The van der Waals surface area contributed by atoms with E-state index in [1.54, 1.807) is 4.90 Å². The highest BCUT2D eigenvalue weighted by molar-refractivity contribution is 7.93. The number of likely N-dealkylation sites (N-methyl/N-ethyl adjacent to an activating group) is 1. The topological polar surface area (TPSA) is 112 Å². The van der Waals surface area contributed by atoms with Gasteiger partial charge in [-0.3, -0.25) is 15.4 Å². The molecule has 3 amide bonds. The van der Waals surface area contributed by atoms with Crippen molar-refractivity contribution in [3.63, 3.8) is 0 Å². The van der Waals surface area contributed by atoms with Crippen LogP contribution in [0.25, 0.3) is 0 Å². The van der Waals surface area contributed by atoms with Gasteiger partial charge in [-0.2, -0.15) is 0 Å². The summed E-state index contributed by atoms with van der Waals surface area (Å²) >= 11 is 0.960. The second kappa shape index (κ2) is 13.0. The molecule has 35 heavy (non-hydrogen) atoms. The Balaban J connectivity index is 1.62. The fraction of sp³-hybridized carbons (Fsp3) is 0.792.